The number of nitrogens with two attached hydrogens (primary N) is 1. The van der Waals surface area contributed by atoms with E-state index in [1.165, 1.54) is 23.9 Å². The van der Waals surface area contributed by atoms with Gasteiger partial charge in [0.05, 0.1) is 33.1 Å². The maximum atomic E-state index is 13.2. The summed E-state index contributed by atoms with van der Waals surface area (Å²) in [6.45, 7) is 4.40. The van der Waals surface area contributed by atoms with Crippen molar-refractivity contribution in [2.75, 3.05) is 16.0 Å². The number of rotatable bonds is 5. The average molecular weight is 474 g/mol. The van der Waals surface area contributed by atoms with Gasteiger partial charge in [0, 0.05) is 19.0 Å². The summed E-state index contributed by atoms with van der Waals surface area (Å²) in [7, 11) is -3.84. The highest BCUT2D eigenvalue weighted by molar-refractivity contribution is 7.99. The molecule has 9 nitrogen and oxygen atoms in total. The van der Waals surface area contributed by atoms with Crippen molar-refractivity contribution >= 4 is 56.0 Å². The second-order valence-electron chi connectivity index (χ2n) is 7.51. The maximum absolute atomic E-state index is 13.2. The molecule has 168 valence electrons. The molecule has 0 saturated carbocycles. The Bertz CT molecular complexity index is 1320. The van der Waals surface area contributed by atoms with E-state index in [0.717, 1.165) is 5.52 Å². The molecule has 0 radical (unpaired) electrons. The first-order valence-electron chi connectivity index (χ1n) is 10.1. The van der Waals surface area contributed by atoms with Crippen molar-refractivity contribution in [1.29, 1.82) is 0 Å². The predicted octanol–water partition coefficient (Wildman–Crippen LogP) is 2.56. The minimum atomic E-state index is -3.84. The quantitative estimate of drug-likeness (QED) is 0.548. The van der Waals surface area contributed by atoms with Crippen LogP contribution < -0.4 is 15.4 Å². The molecular formula is C21H23N5O4S2. The molecule has 0 saturated heterocycles. The van der Waals surface area contributed by atoms with Crippen LogP contribution in [0.25, 0.3) is 11.0 Å². The first kappa shape index (κ1) is 22.3. The Morgan fingerprint density at radius 1 is 1.28 bits per heavy atom. The average Bonchev–Trinajstić information content (AvgIpc) is 3.02. The molecule has 2 heterocycles. The zero-order chi connectivity index (χ0) is 23.0. The molecule has 1 aromatic heterocycles. The van der Waals surface area contributed by atoms with Crippen LogP contribution in [0.2, 0.25) is 0 Å². The maximum Gasteiger partial charge on any atom is 0.238 e. The van der Waals surface area contributed by atoms with Gasteiger partial charge in [0.15, 0.2) is 5.16 Å². The second-order valence-corrected chi connectivity index (χ2v) is 10.0. The number of anilines is 2. The third kappa shape index (κ3) is 4.23. The minimum absolute atomic E-state index is 0.00875. The molecule has 0 aliphatic carbocycles. The number of nitrogens with zero attached hydrogens (tertiary/aromatic N) is 3. The Hall–Kier alpha value is -2.89. The molecule has 2 aromatic carbocycles. The number of fused-ring (bicyclic) bond motifs is 2. The highest BCUT2D eigenvalue weighted by Crippen LogP contribution is 2.33. The van der Waals surface area contributed by atoms with Crippen LogP contribution in [0.15, 0.2) is 52.5 Å². The van der Waals surface area contributed by atoms with Gasteiger partial charge in [-0.15, -0.1) is 0 Å². The lowest BCUT2D eigenvalue weighted by Crippen LogP contribution is -2.40. The Labute approximate surface area is 190 Å². The summed E-state index contributed by atoms with van der Waals surface area (Å²) in [5, 5.41) is 8.69. The van der Waals surface area contributed by atoms with Gasteiger partial charge >= 0.3 is 0 Å². The molecule has 32 heavy (non-hydrogen) atoms. The third-order valence-electron chi connectivity index (χ3n) is 5.28. The summed E-state index contributed by atoms with van der Waals surface area (Å²) in [5.41, 5.74) is 2.53. The number of aryl methyl sites for hydroxylation is 1. The largest absolute Gasteiger partial charge is 0.324 e. The minimum Gasteiger partial charge on any atom is -0.324 e. The standard InChI is InChI=1S/C21H23N5O4S2/c1-3-25-17-9-8-14(32(22,29)30)11-16(17)24-21(25)31-12-20(28)26-13(2)10-19(27)23-15-6-4-5-7-18(15)26/h4-9,11,13H,3,10,12H2,1-2H3,(H,23,27)(H2,22,29,30). The smallest absolute Gasteiger partial charge is 0.238 e. The Kier molecular flexibility index (Phi) is 5.97. The number of carbonyl (C=O) groups excluding carboxylic acids is 2. The molecule has 1 aliphatic rings. The fraction of sp³-hybridized carbons (Fsp3) is 0.286. The molecule has 1 atom stereocenters. The summed E-state index contributed by atoms with van der Waals surface area (Å²) in [5.74, 6) is -0.171. The van der Waals surface area contributed by atoms with Gasteiger partial charge in [-0.1, -0.05) is 23.9 Å². The van der Waals surface area contributed by atoms with Crippen molar-refractivity contribution in [2.24, 2.45) is 5.14 Å². The molecule has 1 aliphatic heterocycles. The lowest BCUT2D eigenvalue weighted by atomic mass is 10.2. The summed E-state index contributed by atoms with van der Waals surface area (Å²) >= 11 is 1.27. The molecule has 0 fully saturated rings. The van der Waals surface area contributed by atoms with Crippen LogP contribution in [0, 0.1) is 0 Å². The van der Waals surface area contributed by atoms with Crippen LogP contribution in [0.1, 0.15) is 20.3 Å². The highest BCUT2D eigenvalue weighted by atomic mass is 32.2. The fourth-order valence-electron chi connectivity index (χ4n) is 3.84. The zero-order valence-corrected chi connectivity index (χ0v) is 19.2. The SMILES string of the molecule is CCn1c(SCC(=O)N2c3ccccc3NC(=O)CC2C)nc2cc(S(N)(=O)=O)ccc21. The zero-order valence-electron chi connectivity index (χ0n) is 17.6. The number of aromatic nitrogens is 2. The van der Waals surface area contributed by atoms with Crippen molar-refractivity contribution < 1.29 is 18.0 Å². The number of primary sulfonamides is 1. The van der Waals surface area contributed by atoms with E-state index in [2.05, 4.69) is 10.3 Å². The lowest BCUT2D eigenvalue weighted by molar-refractivity contribution is -0.117. The fourth-order valence-corrected chi connectivity index (χ4v) is 5.32. The third-order valence-corrected chi connectivity index (χ3v) is 7.15. The number of sulfonamides is 1. The number of nitrogens with one attached hydrogen (secondary N) is 1. The van der Waals surface area contributed by atoms with Crippen LogP contribution >= 0.6 is 11.8 Å². The topological polar surface area (TPSA) is 127 Å². The number of carbonyl (C=O) groups is 2. The Balaban J connectivity index is 1.62. The second kappa shape index (κ2) is 8.57. The molecule has 4 rings (SSSR count). The van der Waals surface area contributed by atoms with Crippen LogP contribution in [0.5, 0.6) is 0 Å². The van der Waals surface area contributed by atoms with E-state index in [4.69, 9.17) is 5.14 Å². The lowest BCUT2D eigenvalue weighted by Gasteiger charge is -2.27. The number of amides is 2. The summed E-state index contributed by atoms with van der Waals surface area (Å²) in [4.78, 5) is 31.6. The molecule has 2 amide bonds. The van der Waals surface area contributed by atoms with Crippen LogP contribution in [0.3, 0.4) is 0 Å². The van der Waals surface area contributed by atoms with Gasteiger partial charge in [-0.25, -0.2) is 18.5 Å². The van der Waals surface area contributed by atoms with Crippen molar-refractivity contribution in [3.8, 4) is 0 Å². The van der Waals surface area contributed by atoms with E-state index in [1.54, 1.807) is 17.0 Å². The molecular weight excluding hydrogens is 450 g/mol. The number of hydrogen-bond donors (Lipinski definition) is 2. The van der Waals surface area contributed by atoms with Crippen molar-refractivity contribution in [3.05, 3.63) is 42.5 Å². The summed E-state index contributed by atoms with van der Waals surface area (Å²) < 4.78 is 25.3. The van der Waals surface area contributed by atoms with E-state index in [1.807, 2.05) is 36.6 Å². The molecule has 3 aromatic rings. The predicted molar refractivity (Wildman–Crippen MR) is 124 cm³/mol. The van der Waals surface area contributed by atoms with Crippen LogP contribution in [0.4, 0.5) is 11.4 Å². The molecule has 11 heteroatoms. The van der Waals surface area contributed by atoms with E-state index >= 15 is 0 Å². The number of hydrogen-bond acceptors (Lipinski definition) is 6. The number of para-hydroxylation sites is 2. The van der Waals surface area contributed by atoms with Gasteiger partial charge in [-0.3, -0.25) is 9.59 Å². The summed E-state index contributed by atoms with van der Waals surface area (Å²) in [6.07, 6.45) is 0.203. The van der Waals surface area contributed by atoms with Crippen molar-refractivity contribution in [3.63, 3.8) is 0 Å². The van der Waals surface area contributed by atoms with Gasteiger partial charge in [-0.2, -0.15) is 0 Å². The molecule has 3 N–H and O–H groups in total. The van der Waals surface area contributed by atoms with E-state index in [0.29, 0.717) is 28.6 Å². The molecule has 0 bridgehead atoms. The van der Waals surface area contributed by atoms with E-state index < -0.39 is 10.0 Å². The van der Waals surface area contributed by atoms with Crippen LogP contribution in [-0.4, -0.2) is 41.6 Å². The normalized spacial score (nSPS) is 16.5. The number of benzene rings is 2. The highest BCUT2D eigenvalue weighted by Gasteiger charge is 2.29. The Morgan fingerprint density at radius 2 is 2.03 bits per heavy atom. The van der Waals surface area contributed by atoms with Crippen molar-refractivity contribution in [2.45, 2.75) is 42.9 Å². The summed E-state index contributed by atoms with van der Waals surface area (Å²) in [6, 6.07) is 11.5. The molecule has 0 spiro atoms. The van der Waals surface area contributed by atoms with E-state index in [-0.39, 0.29) is 34.9 Å². The Morgan fingerprint density at radius 3 is 2.75 bits per heavy atom. The van der Waals surface area contributed by atoms with Gasteiger partial charge in [0.2, 0.25) is 21.8 Å². The van der Waals surface area contributed by atoms with Gasteiger partial charge < -0.3 is 14.8 Å². The molecule has 1 unspecified atom stereocenters. The van der Waals surface area contributed by atoms with E-state index in [9.17, 15) is 18.0 Å². The first-order chi connectivity index (χ1) is 15.2. The van der Waals surface area contributed by atoms with Gasteiger partial charge in [0.1, 0.15) is 0 Å². The van der Waals surface area contributed by atoms with Gasteiger partial charge in [-0.05, 0) is 44.2 Å². The van der Waals surface area contributed by atoms with Gasteiger partial charge in [0.25, 0.3) is 0 Å². The monoisotopic (exact) mass is 473 g/mol. The number of imidazole rings is 1. The van der Waals surface area contributed by atoms with Crippen molar-refractivity contribution in [1.82, 2.24) is 9.55 Å². The van der Waals surface area contributed by atoms with Crippen LogP contribution in [-0.2, 0) is 26.2 Å². The first-order valence-corrected chi connectivity index (χ1v) is 12.6. The number of thioether (sulfide) groups is 1.